The number of anilines is 1. The molecule has 0 spiro atoms. The molecule has 9 heteroatoms. The van der Waals surface area contributed by atoms with Gasteiger partial charge in [-0.05, 0) is 60.7 Å². The maximum absolute atomic E-state index is 14.4. The smallest absolute Gasteiger partial charge is 0.349 e. The van der Waals surface area contributed by atoms with Gasteiger partial charge in [0.05, 0.1) is 12.2 Å². The molecule has 2 aliphatic heterocycles. The van der Waals surface area contributed by atoms with Gasteiger partial charge in [0.25, 0.3) is 0 Å². The number of carboxylic acid groups (broad SMARTS) is 1. The second-order valence-electron chi connectivity index (χ2n) is 8.00. The monoisotopic (exact) mass is 474 g/mol. The Morgan fingerprint density at radius 3 is 2.79 bits per heavy atom. The molecular formula is C24H24ClFN2O5. The molecule has 0 bridgehead atoms. The van der Waals surface area contributed by atoms with E-state index in [-0.39, 0.29) is 5.82 Å². The van der Waals surface area contributed by atoms with E-state index in [0.717, 1.165) is 40.3 Å². The number of benzene rings is 2. The zero-order chi connectivity index (χ0) is 23.5. The summed E-state index contributed by atoms with van der Waals surface area (Å²) in [6.45, 7) is 4.48. The molecule has 0 amide bonds. The number of hydrogen-bond donors (Lipinski definition) is 1. The quantitative estimate of drug-likeness (QED) is 0.662. The molecule has 0 atom stereocenters. The van der Waals surface area contributed by atoms with E-state index in [1.54, 1.807) is 11.1 Å². The summed E-state index contributed by atoms with van der Waals surface area (Å²) in [5.41, 5.74) is 4.78. The van der Waals surface area contributed by atoms with Crippen LogP contribution in [0.25, 0.3) is 0 Å². The van der Waals surface area contributed by atoms with Gasteiger partial charge in [0.2, 0.25) is 0 Å². The molecule has 0 aliphatic carbocycles. The second-order valence-corrected chi connectivity index (χ2v) is 8.44. The zero-order valence-electron chi connectivity index (χ0n) is 18.1. The first-order valence-electron chi connectivity index (χ1n) is 10.7. The third kappa shape index (κ3) is 5.29. The Labute approximate surface area is 195 Å². The second kappa shape index (κ2) is 9.80. The highest BCUT2D eigenvalue weighted by atomic mass is 35.5. The van der Waals surface area contributed by atoms with Crippen LogP contribution in [0.1, 0.15) is 22.3 Å². The predicted octanol–water partition coefficient (Wildman–Crippen LogP) is 3.69. The van der Waals surface area contributed by atoms with E-state index in [1.807, 2.05) is 13.0 Å². The lowest BCUT2D eigenvalue weighted by atomic mass is 9.94. The standard InChI is InChI=1S/C24H24ClFN2O5/c1-15-19-7-9-28(33-23(31)5-4-22(29)30)8-6-16(19)13-21-24(15)27(10-11-32-21)14-17-12-18(25)2-3-20(17)26/h2-5,12-13H,6-11,14H2,1H3,(H,29,30)/b5-4+. The number of carbonyl (C=O) groups excluding carboxylic acids is 1. The molecule has 0 fully saturated rings. The molecule has 2 aromatic rings. The first-order valence-corrected chi connectivity index (χ1v) is 11.0. The van der Waals surface area contributed by atoms with E-state index in [9.17, 15) is 14.0 Å². The minimum Gasteiger partial charge on any atom is -0.490 e. The lowest BCUT2D eigenvalue weighted by Crippen LogP contribution is -2.33. The van der Waals surface area contributed by atoms with Crippen molar-refractivity contribution in [3.8, 4) is 5.75 Å². The Hall–Kier alpha value is -3.10. The van der Waals surface area contributed by atoms with E-state index in [4.69, 9.17) is 26.3 Å². The third-order valence-corrected chi connectivity index (χ3v) is 6.10. The number of aliphatic carboxylic acids is 1. The predicted molar refractivity (Wildman–Crippen MR) is 121 cm³/mol. The summed E-state index contributed by atoms with van der Waals surface area (Å²) in [4.78, 5) is 29.9. The fraction of sp³-hybridized carbons (Fsp3) is 0.333. The molecule has 2 aromatic carbocycles. The molecule has 4 rings (SSSR count). The Bertz CT molecular complexity index is 1120. The van der Waals surface area contributed by atoms with Crippen molar-refractivity contribution in [2.75, 3.05) is 31.1 Å². The van der Waals surface area contributed by atoms with Crippen molar-refractivity contribution >= 4 is 29.2 Å². The van der Waals surface area contributed by atoms with Gasteiger partial charge in [0.1, 0.15) is 18.2 Å². The number of carbonyl (C=O) groups is 2. The Balaban J connectivity index is 1.56. The Kier molecular flexibility index (Phi) is 6.85. The number of halogens is 2. The summed E-state index contributed by atoms with van der Waals surface area (Å²) >= 11 is 6.08. The van der Waals surface area contributed by atoms with Crippen LogP contribution >= 0.6 is 11.6 Å². The SMILES string of the molecule is Cc1c2c(cc3c1N(Cc1cc(Cl)ccc1F)CCO3)CCN(OC(=O)/C=C/C(=O)O)CC2. The van der Waals surface area contributed by atoms with Gasteiger partial charge >= 0.3 is 11.9 Å². The summed E-state index contributed by atoms with van der Waals surface area (Å²) in [6, 6.07) is 6.59. The molecule has 174 valence electrons. The van der Waals surface area contributed by atoms with Crippen LogP contribution < -0.4 is 9.64 Å². The first-order chi connectivity index (χ1) is 15.8. The van der Waals surface area contributed by atoms with E-state index in [0.29, 0.717) is 56.2 Å². The lowest BCUT2D eigenvalue weighted by Gasteiger charge is -2.34. The zero-order valence-corrected chi connectivity index (χ0v) is 18.9. The molecule has 33 heavy (non-hydrogen) atoms. The Morgan fingerprint density at radius 2 is 2.00 bits per heavy atom. The maximum atomic E-state index is 14.4. The minimum atomic E-state index is -1.21. The molecule has 2 aliphatic rings. The molecule has 1 N–H and O–H groups in total. The van der Waals surface area contributed by atoms with Crippen LogP contribution in [-0.4, -0.2) is 48.3 Å². The molecule has 0 unspecified atom stereocenters. The highest BCUT2D eigenvalue weighted by Gasteiger charge is 2.27. The largest absolute Gasteiger partial charge is 0.490 e. The summed E-state index contributed by atoms with van der Waals surface area (Å²) in [5, 5.41) is 10.7. The van der Waals surface area contributed by atoms with Crippen LogP contribution in [0.2, 0.25) is 5.02 Å². The average Bonchev–Trinajstić information content (AvgIpc) is 2.97. The highest BCUT2D eigenvalue weighted by molar-refractivity contribution is 6.30. The summed E-state index contributed by atoms with van der Waals surface area (Å²) in [7, 11) is 0. The van der Waals surface area contributed by atoms with Crippen molar-refractivity contribution in [3.63, 3.8) is 0 Å². The van der Waals surface area contributed by atoms with Crippen LogP contribution in [0, 0.1) is 12.7 Å². The molecule has 0 saturated heterocycles. The van der Waals surface area contributed by atoms with Crippen LogP contribution in [0.15, 0.2) is 36.4 Å². The Morgan fingerprint density at radius 1 is 1.21 bits per heavy atom. The average molecular weight is 475 g/mol. The summed E-state index contributed by atoms with van der Waals surface area (Å²) in [6.07, 6.45) is 2.93. The van der Waals surface area contributed by atoms with Gasteiger partial charge in [-0.1, -0.05) is 11.6 Å². The highest BCUT2D eigenvalue weighted by Crippen LogP contribution is 2.40. The molecule has 0 aromatic heterocycles. The number of hydrogen-bond acceptors (Lipinski definition) is 6. The number of carboxylic acids is 1. The van der Waals surface area contributed by atoms with Crippen molar-refractivity contribution in [2.45, 2.75) is 26.3 Å². The van der Waals surface area contributed by atoms with Gasteiger partial charge < -0.3 is 19.6 Å². The number of nitrogens with zero attached hydrogens (tertiary/aromatic N) is 2. The van der Waals surface area contributed by atoms with Gasteiger partial charge in [0, 0.05) is 42.4 Å². The molecule has 2 heterocycles. The minimum absolute atomic E-state index is 0.297. The topological polar surface area (TPSA) is 79.3 Å². The van der Waals surface area contributed by atoms with Gasteiger partial charge in [-0.15, -0.1) is 5.06 Å². The number of hydroxylamine groups is 2. The van der Waals surface area contributed by atoms with Crippen molar-refractivity contribution in [2.24, 2.45) is 0 Å². The maximum Gasteiger partial charge on any atom is 0.349 e. The van der Waals surface area contributed by atoms with Crippen molar-refractivity contribution in [1.82, 2.24) is 5.06 Å². The van der Waals surface area contributed by atoms with E-state index >= 15 is 0 Å². The van der Waals surface area contributed by atoms with Crippen LogP contribution in [0.5, 0.6) is 5.75 Å². The fourth-order valence-electron chi connectivity index (χ4n) is 4.34. The van der Waals surface area contributed by atoms with E-state index in [1.165, 1.54) is 12.1 Å². The van der Waals surface area contributed by atoms with Crippen molar-refractivity contribution in [1.29, 1.82) is 0 Å². The number of rotatable bonds is 5. The van der Waals surface area contributed by atoms with Crippen LogP contribution in [0.3, 0.4) is 0 Å². The van der Waals surface area contributed by atoms with E-state index in [2.05, 4.69) is 4.90 Å². The molecular weight excluding hydrogens is 451 g/mol. The van der Waals surface area contributed by atoms with Crippen molar-refractivity contribution in [3.05, 3.63) is 69.5 Å². The molecule has 0 radical (unpaired) electrons. The third-order valence-electron chi connectivity index (χ3n) is 5.86. The molecule has 7 nitrogen and oxygen atoms in total. The van der Waals surface area contributed by atoms with Crippen LogP contribution in [-0.2, 0) is 33.8 Å². The van der Waals surface area contributed by atoms with Gasteiger partial charge in [-0.2, -0.15) is 0 Å². The van der Waals surface area contributed by atoms with E-state index < -0.39 is 11.9 Å². The summed E-state index contributed by atoms with van der Waals surface area (Å²) in [5.74, 6) is -1.47. The normalized spacial score (nSPS) is 16.0. The van der Waals surface area contributed by atoms with Gasteiger partial charge in [-0.3, -0.25) is 0 Å². The first kappa shape index (κ1) is 23.1. The number of fused-ring (bicyclic) bond motifs is 2. The summed E-state index contributed by atoms with van der Waals surface area (Å²) < 4.78 is 20.3. The van der Waals surface area contributed by atoms with Crippen molar-refractivity contribution < 1.29 is 28.7 Å². The number of ether oxygens (including phenoxy) is 1. The lowest BCUT2D eigenvalue weighted by molar-refractivity contribution is -0.183. The van der Waals surface area contributed by atoms with Gasteiger partial charge in [0.15, 0.2) is 0 Å². The van der Waals surface area contributed by atoms with Gasteiger partial charge in [-0.25, -0.2) is 14.0 Å². The van der Waals surface area contributed by atoms with Crippen LogP contribution in [0.4, 0.5) is 10.1 Å². The fourth-order valence-corrected chi connectivity index (χ4v) is 4.54. The molecule has 0 saturated carbocycles.